The number of nitrogens with one attached hydrogen (secondary N) is 1. The maximum Gasteiger partial charge on any atom is 0.0602 e. The summed E-state index contributed by atoms with van der Waals surface area (Å²) in [6.45, 7) is 3.67. The molecular formula is C15H24N2O. The van der Waals surface area contributed by atoms with E-state index in [-0.39, 0.29) is 0 Å². The number of para-hydroxylation sites is 2. The molecule has 1 aromatic carbocycles. The third-order valence-corrected chi connectivity index (χ3v) is 3.50. The lowest BCUT2D eigenvalue weighted by Gasteiger charge is -2.24. The summed E-state index contributed by atoms with van der Waals surface area (Å²) >= 11 is 0. The minimum Gasteiger partial charge on any atom is -0.396 e. The molecule has 1 aliphatic heterocycles. The first-order valence-electron chi connectivity index (χ1n) is 7.10. The summed E-state index contributed by atoms with van der Waals surface area (Å²) in [6, 6.07) is 8.59. The molecule has 2 rings (SSSR count). The van der Waals surface area contributed by atoms with Crippen molar-refractivity contribution in [3.8, 4) is 0 Å². The van der Waals surface area contributed by atoms with Gasteiger partial charge in [0.1, 0.15) is 0 Å². The molecule has 0 bridgehead atoms. The highest BCUT2D eigenvalue weighted by atomic mass is 16.2. The van der Waals surface area contributed by atoms with E-state index in [4.69, 9.17) is 5.11 Å². The zero-order valence-electron chi connectivity index (χ0n) is 11.1. The maximum atomic E-state index is 8.76. The van der Waals surface area contributed by atoms with Crippen molar-refractivity contribution in [3.63, 3.8) is 0 Å². The lowest BCUT2D eigenvalue weighted by atomic mass is 10.1. The number of benzene rings is 1. The molecule has 0 radical (unpaired) electrons. The number of nitrogens with zero attached hydrogens (tertiary/aromatic N) is 1. The van der Waals surface area contributed by atoms with Crippen LogP contribution in [0, 0.1) is 0 Å². The van der Waals surface area contributed by atoms with Crippen molar-refractivity contribution >= 4 is 11.4 Å². The van der Waals surface area contributed by atoms with Gasteiger partial charge in [0.25, 0.3) is 0 Å². The molecule has 1 heterocycles. The van der Waals surface area contributed by atoms with Crippen molar-refractivity contribution in [2.45, 2.75) is 32.1 Å². The van der Waals surface area contributed by atoms with Crippen molar-refractivity contribution in [2.75, 3.05) is 36.5 Å². The summed E-state index contributed by atoms with van der Waals surface area (Å²) in [4.78, 5) is 2.49. The van der Waals surface area contributed by atoms with Gasteiger partial charge in [-0.15, -0.1) is 0 Å². The van der Waals surface area contributed by atoms with E-state index in [0.29, 0.717) is 6.61 Å². The van der Waals surface area contributed by atoms with E-state index in [2.05, 4.69) is 34.5 Å². The number of hydrogen-bond donors (Lipinski definition) is 2. The number of unbranched alkanes of at least 4 members (excludes halogenated alkanes) is 3. The highest BCUT2D eigenvalue weighted by Crippen LogP contribution is 2.28. The third-order valence-electron chi connectivity index (χ3n) is 3.50. The second-order valence-corrected chi connectivity index (χ2v) is 4.92. The lowest BCUT2D eigenvalue weighted by molar-refractivity contribution is 0.282. The van der Waals surface area contributed by atoms with E-state index in [9.17, 15) is 0 Å². The standard InChI is InChI=1S/C15H24N2O/c18-13-6-2-1-5-11-17-12-7-10-16-14-8-3-4-9-15(14)17/h3-4,8-9,16,18H,1-2,5-7,10-13H2. The topological polar surface area (TPSA) is 35.5 Å². The zero-order chi connectivity index (χ0) is 12.6. The Kier molecular flexibility index (Phi) is 5.34. The van der Waals surface area contributed by atoms with Gasteiger partial charge in [-0.1, -0.05) is 25.0 Å². The van der Waals surface area contributed by atoms with Crippen LogP contribution >= 0.6 is 0 Å². The van der Waals surface area contributed by atoms with Gasteiger partial charge < -0.3 is 15.3 Å². The number of aliphatic hydroxyl groups is 1. The molecular weight excluding hydrogens is 224 g/mol. The second kappa shape index (κ2) is 7.27. The summed E-state index contributed by atoms with van der Waals surface area (Å²) in [6.07, 6.45) is 5.72. The first-order chi connectivity index (χ1) is 8.92. The Morgan fingerprint density at radius 1 is 1.11 bits per heavy atom. The average Bonchev–Trinajstić information content (AvgIpc) is 2.61. The van der Waals surface area contributed by atoms with E-state index >= 15 is 0 Å². The van der Waals surface area contributed by atoms with Crippen LogP contribution in [-0.2, 0) is 0 Å². The summed E-state index contributed by atoms with van der Waals surface area (Å²) < 4.78 is 0. The van der Waals surface area contributed by atoms with Crippen molar-refractivity contribution in [1.82, 2.24) is 0 Å². The summed E-state index contributed by atoms with van der Waals surface area (Å²) in [5, 5.41) is 12.3. The van der Waals surface area contributed by atoms with Crippen molar-refractivity contribution in [3.05, 3.63) is 24.3 Å². The molecule has 0 amide bonds. The molecule has 18 heavy (non-hydrogen) atoms. The molecule has 0 fully saturated rings. The van der Waals surface area contributed by atoms with Crippen LogP contribution in [0.3, 0.4) is 0 Å². The SMILES string of the molecule is OCCCCCCN1CCCNc2ccccc21. The smallest absolute Gasteiger partial charge is 0.0602 e. The van der Waals surface area contributed by atoms with Crippen LogP contribution in [0.2, 0.25) is 0 Å². The normalized spacial score (nSPS) is 14.8. The van der Waals surface area contributed by atoms with Gasteiger partial charge in [0.15, 0.2) is 0 Å². The van der Waals surface area contributed by atoms with Gasteiger partial charge in [-0.05, 0) is 31.4 Å². The fourth-order valence-electron chi connectivity index (χ4n) is 2.51. The van der Waals surface area contributed by atoms with E-state index in [1.54, 1.807) is 0 Å². The Balaban J connectivity index is 1.88. The first-order valence-corrected chi connectivity index (χ1v) is 7.10. The average molecular weight is 248 g/mol. The van der Waals surface area contributed by atoms with Gasteiger partial charge in [0.05, 0.1) is 11.4 Å². The van der Waals surface area contributed by atoms with Crippen LogP contribution in [0.15, 0.2) is 24.3 Å². The van der Waals surface area contributed by atoms with E-state index in [1.165, 1.54) is 30.6 Å². The third kappa shape index (κ3) is 3.64. The molecule has 100 valence electrons. The van der Waals surface area contributed by atoms with Crippen LogP contribution < -0.4 is 10.2 Å². The summed E-state index contributed by atoms with van der Waals surface area (Å²) in [7, 11) is 0. The Morgan fingerprint density at radius 2 is 1.94 bits per heavy atom. The van der Waals surface area contributed by atoms with Gasteiger partial charge in [0, 0.05) is 26.2 Å². The molecule has 3 nitrogen and oxygen atoms in total. The summed E-state index contributed by atoms with van der Waals surface area (Å²) in [5.41, 5.74) is 2.61. The largest absolute Gasteiger partial charge is 0.396 e. The first kappa shape index (κ1) is 13.2. The highest BCUT2D eigenvalue weighted by Gasteiger charge is 2.13. The van der Waals surface area contributed by atoms with Crippen molar-refractivity contribution in [2.24, 2.45) is 0 Å². The Labute approximate surface area is 110 Å². The molecule has 3 heteroatoms. The molecule has 0 unspecified atom stereocenters. The van der Waals surface area contributed by atoms with Gasteiger partial charge in [-0.2, -0.15) is 0 Å². The van der Waals surface area contributed by atoms with E-state index in [0.717, 1.165) is 32.5 Å². The van der Waals surface area contributed by atoms with E-state index in [1.807, 2.05) is 0 Å². The number of fused-ring (bicyclic) bond motifs is 1. The van der Waals surface area contributed by atoms with E-state index < -0.39 is 0 Å². The second-order valence-electron chi connectivity index (χ2n) is 4.92. The summed E-state index contributed by atoms with van der Waals surface area (Å²) in [5.74, 6) is 0. The molecule has 0 saturated carbocycles. The Morgan fingerprint density at radius 3 is 2.83 bits per heavy atom. The molecule has 1 aromatic rings. The number of rotatable bonds is 6. The van der Waals surface area contributed by atoms with Crippen molar-refractivity contribution in [1.29, 1.82) is 0 Å². The van der Waals surface area contributed by atoms with Crippen LogP contribution in [0.4, 0.5) is 11.4 Å². The fraction of sp³-hybridized carbons (Fsp3) is 0.600. The molecule has 0 aromatic heterocycles. The minimum atomic E-state index is 0.330. The number of anilines is 2. The number of hydrogen-bond acceptors (Lipinski definition) is 3. The Bertz CT molecular complexity index is 354. The Hall–Kier alpha value is -1.22. The molecule has 0 atom stereocenters. The lowest BCUT2D eigenvalue weighted by Crippen LogP contribution is -2.25. The van der Waals surface area contributed by atoms with Gasteiger partial charge in [0.2, 0.25) is 0 Å². The van der Waals surface area contributed by atoms with Crippen LogP contribution in [0.1, 0.15) is 32.1 Å². The van der Waals surface area contributed by atoms with Gasteiger partial charge >= 0.3 is 0 Å². The fourth-order valence-corrected chi connectivity index (χ4v) is 2.51. The zero-order valence-corrected chi connectivity index (χ0v) is 11.1. The molecule has 0 spiro atoms. The predicted octanol–water partition coefficient (Wildman–Crippen LogP) is 2.86. The number of aliphatic hydroxyl groups excluding tert-OH is 1. The maximum absolute atomic E-state index is 8.76. The molecule has 0 aliphatic carbocycles. The van der Waals surface area contributed by atoms with Gasteiger partial charge in [-0.3, -0.25) is 0 Å². The van der Waals surface area contributed by atoms with Crippen LogP contribution in [0.5, 0.6) is 0 Å². The quantitative estimate of drug-likeness (QED) is 0.760. The van der Waals surface area contributed by atoms with Crippen LogP contribution in [0.25, 0.3) is 0 Å². The van der Waals surface area contributed by atoms with Crippen molar-refractivity contribution < 1.29 is 5.11 Å². The predicted molar refractivity (Wildman–Crippen MR) is 77.3 cm³/mol. The minimum absolute atomic E-state index is 0.330. The van der Waals surface area contributed by atoms with Gasteiger partial charge in [-0.25, -0.2) is 0 Å². The van der Waals surface area contributed by atoms with Crippen LogP contribution in [-0.4, -0.2) is 31.3 Å². The molecule has 2 N–H and O–H groups in total. The highest BCUT2D eigenvalue weighted by molar-refractivity contribution is 5.70. The molecule has 1 aliphatic rings. The molecule has 0 saturated heterocycles. The monoisotopic (exact) mass is 248 g/mol.